The van der Waals surface area contributed by atoms with Crippen LogP contribution in [0.2, 0.25) is 0 Å². The molecule has 2 aromatic heterocycles. The number of nitrogens with zero attached hydrogens (tertiary/aromatic N) is 3. The summed E-state index contributed by atoms with van der Waals surface area (Å²) in [5.41, 5.74) is 2.41. The summed E-state index contributed by atoms with van der Waals surface area (Å²) in [4.78, 5) is 3.04. The van der Waals surface area contributed by atoms with E-state index in [-0.39, 0.29) is 0 Å². The number of H-pyrrole nitrogens is 1. The highest BCUT2D eigenvalue weighted by atomic mass is 32.1. The molecule has 0 aliphatic heterocycles. The predicted molar refractivity (Wildman–Crippen MR) is 61.3 cm³/mol. The summed E-state index contributed by atoms with van der Waals surface area (Å²) in [5, 5.41) is 4.13. The van der Waals surface area contributed by atoms with Gasteiger partial charge in [-0.05, 0) is 31.1 Å². The quantitative estimate of drug-likeness (QED) is 0.805. The molecule has 0 amide bonds. The van der Waals surface area contributed by atoms with E-state index in [9.17, 15) is 0 Å². The maximum Gasteiger partial charge on any atom is 0.177 e. The number of aromatic amines is 1. The second-order valence-electron chi connectivity index (χ2n) is 3.66. The zero-order chi connectivity index (χ0) is 10.8. The monoisotopic (exact) mass is 222 g/mol. The summed E-state index contributed by atoms with van der Waals surface area (Å²) in [5.74, 6) is 0. The van der Waals surface area contributed by atoms with Gasteiger partial charge in [-0.1, -0.05) is 0 Å². The van der Waals surface area contributed by atoms with Crippen LogP contribution < -0.4 is 0 Å². The largest absolute Gasteiger partial charge is 0.337 e. The molecule has 2 heterocycles. The van der Waals surface area contributed by atoms with E-state index in [0.717, 1.165) is 17.7 Å². The van der Waals surface area contributed by atoms with Crippen molar-refractivity contribution in [3.8, 4) is 0 Å². The van der Waals surface area contributed by atoms with Crippen LogP contribution in [-0.4, -0.2) is 19.3 Å². The van der Waals surface area contributed by atoms with Crippen molar-refractivity contribution in [1.29, 1.82) is 0 Å². The fraction of sp³-hybridized carbons (Fsp3) is 0.400. The van der Waals surface area contributed by atoms with E-state index in [1.165, 1.54) is 11.3 Å². The Morgan fingerprint density at radius 2 is 2.33 bits per heavy atom. The number of nitrogens with one attached hydrogen (secondary N) is 1. The normalized spacial score (nSPS) is 10.8. The van der Waals surface area contributed by atoms with Gasteiger partial charge >= 0.3 is 0 Å². The van der Waals surface area contributed by atoms with Crippen LogP contribution in [0.15, 0.2) is 18.6 Å². The summed E-state index contributed by atoms with van der Waals surface area (Å²) in [7, 11) is 1.93. The third-order valence-corrected chi connectivity index (χ3v) is 2.80. The molecule has 2 rings (SSSR count). The van der Waals surface area contributed by atoms with Crippen LogP contribution in [0, 0.1) is 11.7 Å². The Kier molecular flexibility index (Phi) is 2.73. The fourth-order valence-corrected chi connectivity index (χ4v) is 1.90. The van der Waals surface area contributed by atoms with Crippen molar-refractivity contribution in [3.63, 3.8) is 0 Å². The Morgan fingerprint density at radius 1 is 1.53 bits per heavy atom. The molecule has 0 spiro atoms. The second-order valence-corrected chi connectivity index (χ2v) is 4.05. The Hall–Kier alpha value is -1.36. The van der Waals surface area contributed by atoms with E-state index in [0.29, 0.717) is 0 Å². The van der Waals surface area contributed by atoms with Crippen LogP contribution in [0.5, 0.6) is 0 Å². The van der Waals surface area contributed by atoms with E-state index in [1.54, 1.807) is 0 Å². The lowest BCUT2D eigenvalue weighted by molar-refractivity contribution is 0.668. The Labute approximate surface area is 93.6 Å². The highest BCUT2D eigenvalue weighted by Gasteiger charge is 2.01. The van der Waals surface area contributed by atoms with E-state index in [4.69, 9.17) is 12.2 Å². The summed E-state index contributed by atoms with van der Waals surface area (Å²) < 4.78 is 4.71. The molecule has 15 heavy (non-hydrogen) atoms. The Balaban J connectivity index is 2.08. The van der Waals surface area contributed by atoms with Crippen LogP contribution in [-0.2, 0) is 20.0 Å². The smallest absolute Gasteiger partial charge is 0.177 e. The zero-order valence-electron chi connectivity index (χ0n) is 8.90. The summed E-state index contributed by atoms with van der Waals surface area (Å²) in [6.45, 7) is 2.95. The average molecular weight is 222 g/mol. The maximum atomic E-state index is 5.18. The number of aryl methyl sites for hydroxylation is 3. The molecule has 0 aliphatic carbocycles. The van der Waals surface area contributed by atoms with Gasteiger partial charge in [0, 0.05) is 31.7 Å². The second kappa shape index (κ2) is 4.02. The lowest BCUT2D eigenvalue weighted by Crippen LogP contribution is -2.02. The van der Waals surface area contributed by atoms with Crippen LogP contribution in [0.1, 0.15) is 11.3 Å². The summed E-state index contributed by atoms with van der Waals surface area (Å²) in [6.07, 6.45) is 6.82. The molecule has 0 aliphatic rings. The first-order valence-electron chi connectivity index (χ1n) is 4.89. The molecule has 0 radical (unpaired) electrons. The highest BCUT2D eigenvalue weighted by Crippen LogP contribution is 2.04. The first-order chi connectivity index (χ1) is 7.16. The molecular formula is C10H14N4S. The fourth-order valence-electron chi connectivity index (χ4n) is 1.60. The van der Waals surface area contributed by atoms with E-state index in [2.05, 4.69) is 21.6 Å². The van der Waals surface area contributed by atoms with Gasteiger partial charge in [-0.3, -0.25) is 4.68 Å². The first-order valence-corrected chi connectivity index (χ1v) is 5.30. The third kappa shape index (κ3) is 2.18. The number of hydrogen-bond acceptors (Lipinski definition) is 2. The van der Waals surface area contributed by atoms with Gasteiger partial charge in [0.15, 0.2) is 4.77 Å². The van der Waals surface area contributed by atoms with Gasteiger partial charge in [-0.25, -0.2) is 0 Å². The topological polar surface area (TPSA) is 38.5 Å². The van der Waals surface area contributed by atoms with Gasteiger partial charge in [0.2, 0.25) is 0 Å². The molecule has 5 heteroatoms. The molecule has 0 aromatic carbocycles. The molecule has 1 N–H and O–H groups in total. The molecule has 0 atom stereocenters. The minimum absolute atomic E-state index is 0.788. The van der Waals surface area contributed by atoms with E-state index >= 15 is 0 Å². The molecule has 0 bridgehead atoms. The van der Waals surface area contributed by atoms with E-state index in [1.807, 2.05) is 30.3 Å². The van der Waals surface area contributed by atoms with Crippen LogP contribution in [0.3, 0.4) is 0 Å². The molecule has 0 fully saturated rings. The summed E-state index contributed by atoms with van der Waals surface area (Å²) >= 11 is 5.18. The van der Waals surface area contributed by atoms with Crippen molar-refractivity contribution in [2.75, 3.05) is 0 Å². The maximum absolute atomic E-state index is 5.18. The van der Waals surface area contributed by atoms with Gasteiger partial charge < -0.3 is 9.55 Å². The number of imidazole rings is 1. The summed E-state index contributed by atoms with van der Waals surface area (Å²) in [6, 6.07) is 0. The minimum atomic E-state index is 0.788. The van der Waals surface area contributed by atoms with Crippen molar-refractivity contribution >= 4 is 12.2 Å². The lowest BCUT2D eigenvalue weighted by atomic mass is 10.2. The Bertz CT molecular complexity index is 505. The van der Waals surface area contributed by atoms with Gasteiger partial charge in [-0.15, -0.1) is 0 Å². The van der Waals surface area contributed by atoms with Crippen molar-refractivity contribution in [2.45, 2.75) is 19.9 Å². The van der Waals surface area contributed by atoms with Gasteiger partial charge in [-0.2, -0.15) is 5.10 Å². The minimum Gasteiger partial charge on any atom is -0.337 e. The van der Waals surface area contributed by atoms with Crippen molar-refractivity contribution < 1.29 is 0 Å². The van der Waals surface area contributed by atoms with E-state index < -0.39 is 0 Å². The van der Waals surface area contributed by atoms with Crippen molar-refractivity contribution in [1.82, 2.24) is 19.3 Å². The SMILES string of the molecule is Cc1c[nH]c(=S)n1CCc1cnn(C)c1. The van der Waals surface area contributed by atoms with Crippen LogP contribution in [0.4, 0.5) is 0 Å². The molecule has 2 aromatic rings. The zero-order valence-corrected chi connectivity index (χ0v) is 9.71. The predicted octanol–water partition coefficient (Wildman–Crippen LogP) is 1.83. The molecule has 80 valence electrons. The Morgan fingerprint density at radius 3 is 2.87 bits per heavy atom. The first kappa shape index (κ1) is 10.2. The van der Waals surface area contributed by atoms with Gasteiger partial charge in [0.05, 0.1) is 6.20 Å². The van der Waals surface area contributed by atoms with Gasteiger partial charge in [0.1, 0.15) is 0 Å². The highest BCUT2D eigenvalue weighted by molar-refractivity contribution is 7.71. The third-order valence-electron chi connectivity index (χ3n) is 2.46. The standard InChI is InChI=1S/C10H14N4S/c1-8-5-11-10(15)14(8)4-3-9-6-12-13(2)7-9/h5-7H,3-4H2,1-2H3,(H,11,15). The van der Waals surface area contributed by atoms with Crippen molar-refractivity contribution in [3.05, 3.63) is 34.6 Å². The number of hydrogen-bond donors (Lipinski definition) is 1. The van der Waals surface area contributed by atoms with Gasteiger partial charge in [0.25, 0.3) is 0 Å². The van der Waals surface area contributed by atoms with Crippen molar-refractivity contribution in [2.24, 2.45) is 7.05 Å². The average Bonchev–Trinajstić information content (AvgIpc) is 2.73. The lowest BCUT2D eigenvalue weighted by Gasteiger charge is -2.03. The number of aromatic nitrogens is 4. The molecule has 0 saturated carbocycles. The van der Waals surface area contributed by atoms with Crippen LogP contribution >= 0.6 is 12.2 Å². The number of rotatable bonds is 3. The molecule has 0 saturated heterocycles. The molecule has 4 nitrogen and oxygen atoms in total. The molecule has 0 unspecified atom stereocenters. The van der Waals surface area contributed by atoms with Crippen LogP contribution in [0.25, 0.3) is 0 Å². The molecular weight excluding hydrogens is 208 g/mol.